The quantitative estimate of drug-likeness (QED) is 0.296. The first-order valence-electron chi connectivity index (χ1n) is 7.09. The van der Waals surface area contributed by atoms with Crippen molar-refractivity contribution in [2.45, 2.75) is 0 Å². The van der Waals surface area contributed by atoms with E-state index >= 15 is 0 Å². The Morgan fingerprint density at radius 2 is 1.04 bits per heavy atom. The lowest BCUT2D eigenvalue weighted by Gasteiger charge is -1.94. The van der Waals surface area contributed by atoms with E-state index in [1.54, 1.807) is 34.8 Å². The minimum atomic E-state index is -0.428. The Balaban J connectivity index is 1.57. The topological polar surface area (TPSA) is 34.1 Å². The molecule has 4 aromatic rings. The van der Waals surface area contributed by atoms with Crippen molar-refractivity contribution in [3.63, 3.8) is 0 Å². The van der Waals surface area contributed by atoms with Crippen molar-refractivity contribution in [3.8, 4) is 19.5 Å². The van der Waals surface area contributed by atoms with Crippen molar-refractivity contribution in [2.75, 3.05) is 0 Å². The zero-order chi connectivity index (χ0) is 16.5. The van der Waals surface area contributed by atoms with Gasteiger partial charge in [0.1, 0.15) is 0 Å². The summed E-state index contributed by atoms with van der Waals surface area (Å²) in [6.07, 6.45) is 0. The number of rotatable bonds is 5. The van der Waals surface area contributed by atoms with E-state index in [0.29, 0.717) is 9.75 Å². The molecule has 0 spiro atoms. The number of ketones is 2. The lowest BCUT2D eigenvalue weighted by molar-refractivity contribution is 0.0821. The van der Waals surface area contributed by atoms with E-state index in [9.17, 15) is 9.59 Å². The van der Waals surface area contributed by atoms with Gasteiger partial charge in [0.25, 0.3) is 0 Å². The summed E-state index contributed by atoms with van der Waals surface area (Å²) < 4.78 is 0. The third-order valence-electron chi connectivity index (χ3n) is 3.39. The lowest BCUT2D eigenvalue weighted by atomic mass is 10.2. The molecule has 4 rings (SSSR count). The van der Waals surface area contributed by atoms with E-state index in [-0.39, 0.29) is 0 Å². The average molecular weight is 387 g/mol. The highest BCUT2D eigenvalue weighted by molar-refractivity contribution is 7.24. The Kier molecular flexibility index (Phi) is 4.28. The van der Waals surface area contributed by atoms with Crippen LogP contribution in [0.5, 0.6) is 0 Å². The fourth-order valence-electron chi connectivity index (χ4n) is 2.25. The summed E-state index contributed by atoms with van der Waals surface area (Å²) >= 11 is 6.00. The third-order valence-corrected chi connectivity index (χ3v) is 7.69. The first-order valence-corrected chi connectivity index (χ1v) is 10.5. The molecule has 24 heavy (non-hydrogen) atoms. The minimum absolute atomic E-state index is 0.428. The predicted molar refractivity (Wildman–Crippen MR) is 104 cm³/mol. The summed E-state index contributed by atoms with van der Waals surface area (Å²) in [5, 5.41) is 4.00. The van der Waals surface area contributed by atoms with E-state index in [4.69, 9.17) is 0 Å². The van der Waals surface area contributed by atoms with Crippen molar-refractivity contribution >= 4 is 56.9 Å². The van der Waals surface area contributed by atoms with Crippen LogP contribution in [0.4, 0.5) is 0 Å². The molecule has 0 fully saturated rings. The van der Waals surface area contributed by atoms with Crippen molar-refractivity contribution in [1.82, 2.24) is 0 Å². The first kappa shape index (κ1) is 15.7. The second-order valence-electron chi connectivity index (χ2n) is 4.94. The van der Waals surface area contributed by atoms with Crippen molar-refractivity contribution < 1.29 is 9.59 Å². The van der Waals surface area contributed by atoms with Gasteiger partial charge in [-0.25, -0.2) is 0 Å². The van der Waals surface area contributed by atoms with Gasteiger partial charge in [0.2, 0.25) is 11.6 Å². The number of carbonyl (C=O) groups is 2. The van der Waals surface area contributed by atoms with Crippen LogP contribution in [0.2, 0.25) is 0 Å². The summed E-state index contributed by atoms with van der Waals surface area (Å²) in [6, 6.07) is 15.3. The molecule has 0 radical (unpaired) electrons. The molecule has 0 amide bonds. The zero-order valence-electron chi connectivity index (χ0n) is 12.2. The van der Waals surface area contributed by atoms with Crippen LogP contribution in [0.15, 0.2) is 59.3 Å². The monoisotopic (exact) mass is 386 g/mol. The van der Waals surface area contributed by atoms with Crippen molar-refractivity contribution in [2.24, 2.45) is 0 Å². The van der Waals surface area contributed by atoms with Gasteiger partial charge in [-0.05, 0) is 47.2 Å². The van der Waals surface area contributed by atoms with E-state index < -0.39 is 11.6 Å². The van der Waals surface area contributed by atoms with Crippen LogP contribution in [-0.2, 0) is 0 Å². The second kappa shape index (κ2) is 6.57. The molecule has 2 nitrogen and oxygen atoms in total. The van der Waals surface area contributed by atoms with Gasteiger partial charge >= 0.3 is 0 Å². The van der Waals surface area contributed by atoms with Gasteiger partial charge in [0, 0.05) is 19.5 Å². The largest absolute Gasteiger partial charge is 0.284 e. The Morgan fingerprint density at radius 3 is 1.42 bits per heavy atom. The maximum atomic E-state index is 12.5. The fraction of sp³-hybridized carbons (Fsp3) is 0. The van der Waals surface area contributed by atoms with E-state index in [1.165, 1.54) is 22.7 Å². The number of hydrogen-bond acceptors (Lipinski definition) is 6. The van der Waals surface area contributed by atoms with E-state index in [2.05, 4.69) is 0 Å². The molecule has 0 bridgehead atoms. The fourth-order valence-corrected chi connectivity index (χ4v) is 5.80. The third kappa shape index (κ3) is 2.93. The number of carbonyl (C=O) groups excluding carboxylic acids is 2. The van der Waals surface area contributed by atoms with Crippen LogP contribution in [0, 0.1) is 0 Å². The molecule has 0 aromatic carbocycles. The molecule has 118 valence electrons. The van der Waals surface area contributed by atoms with Gasteiger partial charge in [-0.2, -0.15) is 0 Å². The molecular formula is C18H10O2S4. The van der Waals surface area contributed by atoms with Crippen LogP contribution < -0.4 is 0 Å². The normalized spacial score (nSPS) is 10.8. The Bertz CT molecular complexity index is 905. The van der Waals surface area contributed by atoms with Gasteiger partial charge in [-0.15, -0.1) is 45.3 Å². The van der Waals surface area contributed by atoms with Gasteiger partial charge in [-0.3, -0.25) is 9.59 Å². The lowest BCUT2D eigenvalue weighted by Crippen LogP contribution is -2.11. The molecule has 4 aromatic heterocycles. The highest BCUT2D eigenvalue weighted by Gasteiger charge is 2.22. The highest BCUT2D eigenvalue weighted by atomic mass is 32.1. The minimum Gasteiger partial charge on any atom is -0.284 e. The molecule has 0 aliphatic carbocycles. The molecule has 0 N–H and O–H groups in total. The number of hydrogen-bond donors (Lipinski definition) is 0. The first-order chi connectivity index (χ1) is 11.7. The summed E-state index contributed by atoms with van der Waals surface area (Å²) in [5.74, 6) is -0.857. The average Bonchev–Trinajstić information content (AvgIpc) is 3.40. The van der Waals surface area contributed by atoms with Crippen LogP contribution in [0.3, 0.4) is 0 Å². The van der Waals surface area contributed by atoms with Crippen LogP contribution in [0.25, 0.3) is 19.5 Å². The molecule has 0 unspecified atom stereocenters. The maximum Gasteiger partial charge on any atom is 0.244 e. The van der Waals surface area contributed by atoms with Crippen LogP contribution in [-0.4, -0.2) is 11.6 Å². The van der Waals surface area contributed by atoms with Gasteiger partial charge in [0.05, 0.1) is 9.75 Å². The molecule has 0 aliphatic heterocycles. The van der Waals surface area contributed by atoms with Crippen molar-refractivity contribution in [3.05, 3.63) is 69.0 Å². The second-order valence-corrected chi connectivity index (χ2v) is 9.00. The smallest absolute Gasteiger partial charge is 0.244 e. The standard InChI is InChI=1S/C18H10O2S4/c19-17(15-7-5-13(23-15)11-3-1-9-21-11)18(20)16-8-6-14(24-16)12-4-2-10-22-12/h1-10H. The molecule has 6 heteroatoms. The summed E-state index contributed by atoms with van der Waals surface area (Å²) in [4.78, 5) is 30.3. The Morgan fingerprint density at radius 1 is 0.583 bits per heavy atom. The molecule has 0 atom stereocenters. The predicted octanol–water partition coefficient (Wildman–Crippen LogP) is 6.33. The Labute approximate surface area is 154 Å². The van der Waals surface area contributed by atoms with Crippen LogP contribution in [0.1, 0.15) is 19.3 Å². The van der Waals surface area contributed by atoms with Gasteiger partial charge < -0.3 is 0 Å². The summed E-state index contributed by atoms with van der Waals surface area (Å²) in [6.45, 7) is 0. The van der Waals surface area contributed by atoms with Gasteiger partial charge in [-0.1, -0.05) is 12.1 Å². The zero-order valence-corrected chi connectivity index (χ0v) is 15.5. The highest BCUT2D eigenvalue weighted by Crippen LogP contribution is 2.34. The summed E-state index contributed by atoms with van der Waals surface area (Å²) in [5.41, 5.74) is 0. The maximum absolute atomic E-state index is 12.5. The molecular weight excluding hydrogens is 376 g/mol. The van der Waals surface area contributed by atoms with Gasteiger partial charge in [0.15, 0.2) is 0 Å². The molecule has 0 saturated heterocycles. The van der Waals surface area contributed by atoms with Crippen LogP contribution >= 0.6 is 45.3 Å². The SMILES string of the molecule is O=C(C(=O)c1ccc(-c2cccs2)s1)c1ccc(-c2cccs2)s1. The van der Waals surface area contributed by atoms with Crippen molar-refractivity contribution in [1.29, 1.82) is 0 Å². The summed E-state index contributed by atoms with van der Waals surface area (Å²) in [7, 11) is 0. The van der Waals surface area contributed by atoms with E-state index in [0.717, 1.165) is 19.5 Å². The van der Waals surface area contributed by atoms with E-state index in [1.807, 2.05) is 47.2 Å². The Hall–Kier alpha value is -1.86. The number of thiophene rings is 4. The molecule has 4 heterocycles. The number of Topliss-reactive ketones (excluding diaryl/α,β-unsaturated/α-hetero) is 2. The molecule has 0 aliphatic rings. The molecule has 0 saturated carbocycles.